The average molecular weight is 759 g/mol. The minimum Gasteiger partial charge on any atom is -0.392 e. The molecule has 3 aliphatic rings. The molecule has 0 aliphatic carbocycles. The fraction of sp³-hybridized carbons (Fsp3) is 0.295. The number of carbonyl (C=O) groups excluding carboxylic acids is 1. The molecule has 3 saturated heterocycles. The first kappa shape index (κ1) is 37.1. The molecule has 3 atom stereocenters. The fourth-order valence-electron chi connectivity index (χ4n) is 8.05. The first-order valence-corrected chi connectivity index (χ1v) is 20.4. The van der Waals surface area contributed by atoms with E-state index in [1.54, 1.807) is 30.3 Å². The summed E-state index contributed by atoms with van der Waals surface area (Å²) in [6.07, 6.45) is 1.11. The van der Waals surface area contributed by atoms with Crippen LogP contribution in [0.4, 0.5) is 5.69 Å². The number of carbonyl (C=O) groups is 1. The molecule has 3 N–H and O–H groups in total. The van der Waals surface area contributed by atoms with Gasteiger partial charge in [0.15, 0.2) is 6.29 Å². The van der Waals surface area contributed by atoms with Crippen molar-refractivity contribution < 1.29 is 27.8 Å². The van der Waals surface area contributed by atoms with Crippen LogP contribution in [0.2, 0.25) is 0 Å². The molecule has 0 saturated carbocycles. The van der Waals surface area contributed by atoms with Gasteiger partial charge in [-0.05, 0) is 77.1 Å². The summed E-state index contributed by atoms with van der Waals surface area (Å²) in [7, 11) is -3.65. The van der Waals surface area contributed by atoms with E-state index in [0.717, 1.165) is 65.0 Å². The van der Waals surface area contributed by atoms with E-state index in [2.05, 4.69) is 38.0 Å². The Morgan fingerprint density at radius 2 is 1.45 bits per heavy atom. The summed E-state index contributed by atoms with van der Waals surface area (Å²) in [4.78, 5) is 18.2. The van der Waals surface area contributed by atoms with Gasteiger partial charge < -0.3 is 29.7 Å². The highest BCUT2D eigenvalue weighted by Crippen LogP contribution is 2.41. The van der Waals surface area contributed by atoms with E-state index in [4.69, 9.17) is 9.47 Å². The number of sulfonamides is 1. The smallest absolute Gasteiger partial charge is 0.247 e. The van der Waals surface area contributed by atoms with Crippen LogP contribution in [0.15, 0.2) is 138 Å². The second-order valence-corrected chi connectivity index (χ2v) is 16.3. The highest BCUT2D eigenvalue weighted by molar-refractivity contribution is 7.89. The van der Waals surface area contributed by atoms with Crippen molar-refractivity contribution in [1.29, 1.82) is 0 Å². The number of benzene rings is 5. The third-order valence-electron chi connectivity index (χ3n) is 11.1. The number of ether oxygens (including phenoxy) is 2. The fourth-order valence-corrected chi connectivity index (χ4v) is 9.08. The van der Waals surface area contributed by atoms with Gasteiger partial charge in [-0.2, -0.15) is 0 Å². The van der Waals surface area contributed by atoms with Crippen molar-refractivity contribution in [2.45, 2.75) is 61.3 Å². The number of anilines is 1. The van der Waals surface area contributed by atoms with Crippen LogP contribution in [-0.2, 0) is 37.4 Å². The second kappa shape index (κ2) is 16.1. The molecule has 1 amide bonds. The summed E-state index contributed by atoms with van der Waals surface area (Å²) in [5.74, 6) is 0.101. The number of amides is 1. The van der Waals surface area contributed by atoms with Crippen molar-refractivity contribution in [3.05, 3.63) is 156 Å². The Labute approximate surface area is 322 Å². The molecule has 3 fully saturated rings. The Balaban J connectivity index is 0.989. The molecule has 10 nitrogen and oxygen atoms in total. The first-order chi connectivity index (χ1) is 26.8. The Bertz CT molecular complexity index is 2200. The lowest BCUT2D eigenvalue weighted by molar-refractivity contribution is -0.253. The lowest BCUT2D eigenvalue weighted by Crippen LogP contribution is -2.57. The lowest BCUT2D eigenvalue weighted by atomic mass is 9.85. The van der Waals surface area contributed by atoms with Crippen LogP contribution in [0, 0.1) is 0 Å². The molecule has 11 heteroatoms. The normalized spacial score (nSPS) is 21.4. The van der Waals surface area contributed by atoms with Gasteiger partial charge >= 0.3 is 0 Å². The van der Waals surface area contributed by atoms with Crippen LogP contribution in [-0.4, -0.2) is 62.3 Å². The zero-order valence-electron chi connectivity index (χ0n) is 30.6. The Hall–Kier alpha value is -4.88. The zero-order chi connectivity index (χ0) is 37.8. The highest BCUT2D eigenvalue weighted by atomic mass is 32.2. The molecule has 3 unspecified atom stereocenters. The van der Waals surface area contributed by atoms with Crippen molar-refractivity contribution >= 4 is 21.6 Å². The highest BCUT2D eigenvalue weighted by Gasteiger charge is 2.50. The quantitative estimate of drug-likeness (QED) is 0.144. The number of nitrogens with one attached hydrogen (secondary N) is 2. The van der Waals surface area contributed by atoms with E-state index in [1.165, 1.54) is 0 Å². The number of aliphatic hydroxyl groups excluding tert-OH is 1. The molecule has 3 heterocycles. The van der Waals surface area contributed by atoms with E-state index in [-0.39, 0.29) is 36.2 Å². The SMILES string of the molecule is O=C1NCN(c2ccccc2)C12CCN(CC1CC(c3ccc(CO)cc3)OC(c3cccc(-c4cccc(CNS(=O)(=O)c5ccccc5)c4)c3)O1)CC2. The molecule has 5 aromatic rings. The lowest BCUT2D eigenvalue weighted by Gasteiger charge is -2.45. The van der Waals surface area contributed by atoms with Gasteiger partial charge in [0.1, 0.15) is 5.54 Å². The second-order valence-electron chi connectivity index (χ2n) is 14.6. The number of rotatable bonds is 11. The third-order valence-corrected chi connectivity index (χ3v) is 12.5. The van der Waals surface area contributed by atoms with E-state index in [1.807, 2.05) is 84.9 Å². The van der Waals surface area contributed by atoms with Crippen molar-refractivity contribution in [2.24, 2.45) is 0 Å². The Kier molecular flexibility index (Phi) is 10.8. The molecule has 55 heavy (non-hydrogen) atoms. The van der Waals surface area contributed by atoms with Crippen LogP contribution < -0.4 is 14.9 Å². The molecule has 0 radical (unpaired) electrons. The number of hydrogen-bond donors (Lipinski definition) is 3. The summed E-state index contributed by atoms with van der Waals surface area (Å²) in [5, 5.41) is 12.8. The van der Waals surface area contributed by atoms with Gasteiger partial charge in [0.05, 0.1) is 30.4 Å². The monoisotopic (exact) mass is 758 g/mol. The molecule has 1 spiro atoms. The number of nitrogens with zero attached hydrogens (tertiary/aromatic N) is 2. The van der Waals surface area contributed by atoms with Crippen LogP contribution in [0.5, 0.6) is 0 Å². The summed E-state index contributed by atoms with van der Waals surface area (Å²) in [5.41, 5.74) is 5.99. The van der Waals surface area contributed by atoms with E-state index < -0.39 is 21.9 Å². The summed E-state index contributed by atoms with van der Waals surface area (Å²) < 4.78 is 41.9. The standard InChI is InChI=1S/C44H46N4O6S/c49-30-32-17-19-34(20-18-32)41-27-39(29-47-23-21-44(22-24-47)43(50)45-31-48(44)38-13-3-1-4-14-38)53-42(54-41)37-12-8-11-36(26-37)35-10-7-9-33(25-35)28-46-55(51,52)40-15-5-2-6-16-40/h1-20,25-26,39,41-42,46,49H,21-24,27-31H2,(H,45,50). The van der Waals surface area contributed by atoms with Crippen LogP contribution in [0.25, 0.3) is 11.1 Å². The largest absolute Gasteiger partial charge is 0.392 e. The van der Waals surface area contributed by atoms with E-state index >= 15 is 0 Å². The van der Waals surface area contributed by atoms with Crippen LogP contribution in [0.3, 0.4) is 0 Å². The molecule has 0 aromatic heterocycles. The zero-order valence-corrected chi connectivity index (χ0v) is 31.4. The molecule has 284 valence electrons. The van der Waals surface area contributed by atoms with Gasteiger partial charge in [0.2, 0.25) is 15.9 Å². The minimum atomic E-state index is -3.65. The van der Waals surface area contributed by atoms with Gasteiger partial charge in [0.25, 0.3) is 0 Å². The van der Waals surface area contributed by atoms with Gasteiger partial charge in [-0.25, -0.2) is 13.1 Å². The number of likely N-dealkylation sites (tertiary alicyclic amines) is 1. The Morgan fingerprint density at radius 3 is 2.18 bits per heavy atom. The maximum absolute atomic E-state index is 13.3. The van der Waals surface area contributed by atoms with Crippen molar-refractivity contribution in [2.75, 3.05) is 31.2 Å². The number of aliphatic hydroxyl groups is 1. The Morgan fingerprint density at radius 1 is 0.764 bits per heavy atom. The number of hydrogen-bond acceptors (Lipinski definition) is 8. The van der Waals surface area contributed by atoms with Crippen LogP contribution >= 0.6 is 0 Å². The van der Waals surface area contributed by atoms with Gasteiger partial charge in [-0.15, -0.1) is 0 Å². The summed E-state index contributed by atoms with van der Waals surface area (Å²) >= 11 is 0. The molecule has 5 aromatic carbocycles. The summed E-state index contributed by atoms with van der Waals surface area (Å²) in [6, 6.07) is 42.4. The van der Waals surface area contributed by atoms with E-state index in [0.29, 0.717) is 19.6 Å². The third kappa shape index (κ3) is 8.09. The average Bonchev–Trinajstić information content (AvgIpc) is 3.55. The number of para-hydroxylation sites is 1. The predicted octanol–water partition coefficient (Wildman–Crippen LogP) is 6.30. The van der Waals surface area contributed by atoms with Crippen LogP contribution in [0.1, 0.15) is 53.9 Å². The summed E-state index contributed by atoms with van der Waals surface area (Å²) in [6.45, 7) is 2.89. The maximum atomic E-state index is 13.3. The minimum absolute atomic E-state index is 0.0246. The number of piperidine rings is 1. The first-order valence-electron chi connectivity index (χ1n) is 18.9. The van der Waals surface area contributed by atoms with Gasteiger partial charge in [-0.3, -0.25) is 4.79 Å². The molecular formula is C44H46N4O6S. The van der Waals surface area contributed by atoms with Crippen molar-refractivity contribution in [3.63, 3.8) is 0 Å². The maximum Gasteiger partial charge on any atom is 0.247 e. The molecular weight excluding hydrogens is 713 g/mol. The van der Waals surface area contributed by atoms with Gasteiger partial charge in [-0.1, -0.05) is 97.1 Å². The van der Waals surface area contributed by atoms with E-state index in [9.17, 15) is 18.3 Å². The van der Waals surface area contributed by atoms with Gasteiger partial charge in [0, 0.05) is 43.9 Å². The topological polar surface area (TPSA) is 120 Å². The predicted molar refractivity (Wildman–Crippen MR) is 211 cm³/mol. The van der Waals surface area contributed by atoms with Crippen molar-refractivity contribution in [1.82, 2.24) is 14.9 Å². The van der Waals surface area contributed by atoms with Crippen molar-refractivity contribution in [3.8, 4) is 11.1 Å². The molecule has 3 aliphatic heterocycles. The molecule has 0 bridgehead atoms. The molecule has 8 rings (SSSR count).